The van der Waals surface area contributed by atoms with Gasteiger partial charge in [0.2, 0.25) is 11.0 Å². The zero-order valence-electron chi connectivity index (χ0n) is 18.0. The van der Waals surface area contributed by atoms with E-state index in [2.05, 4.69) is 14.8 Å². The lowest BCUT2D eigenvalue weighted by molar-refractivity contribution is 0.314. The monoisotopic (exact) mass is 469 g/mol. The summed E-state index contributed by atoms with van der Waals surface area (Å²) in [6.07, 6.45) is 1.97. The molecule has 33 heavy (non-hydrogen) atoms. The summed E-state index contributed by atoms with van der Waals surface area (Å²) in [6.45, 7) is 8.24. The van der Waals surface area contributed by atoms with Crippen molar-refractivity contribution < 1.29 is 13.5 Å². The van der Waals surface area contributed by atoms with Crippen LogP contribution in [0.5, 0.6) is 5.75 Å². The zero-order valence-corrected chi connectivity index (χ0v) is 18.7. The predicted molar refractivity (Wildman–Crippen MR) is 124 cm³/mol. The molecule has 6 nitrogen and oxygen atoms in total. The van der Waals surface area contributed by atoms with Gasteiger partial charge in [0.1, 0.15) is 23.2 Å². The number of hydrogen-bond donors (Lipinski definition) is 1. The Kier molecular flexibility index (Phi) is 6.61. The molecule has 0 aliphatic heterocycles. The van der Waals surface area contributed by atoms with Crippen LogP contribution in [0.25, 0.3) is 4.85 Å². The lowest BCUT2D eigenvalue weighted by Crippen LogP contribution is -2.23. The molecule has 1 aromatic heterocycles. The largest absolute Gasteiger partial charge is 0.504 e. The smallest absolute Gasteiger partial charge is 0.228 e. The maximum Gasteiger partial charge on any atom is 0.228 e. The lowest BCUT2D eigenvalue weighted by atomic mass is 9.96. The number of ether oxygens (including phenoxy) is 1. The molecule has 0 radical (unpaired) electrons. The van der Waals surface area contributed by atoms with Crippen molar-refractivity contribution in [1.29, 1.82) is 0 Å². The molecule has 1 atom stereocenters. The molecule has 0 saturated heterocycles. The van der Waals surface area contributed by atoms with Crippen molar-refractivity contribution in [3.63, 3.8) is 0 Å². The first-order valence-corrected chi connectivity index (χ1v) is 10.9. The fraction of sp³-hybridized carbons (Fsp3) is 0.292. The molecule has 0 spiro atoms. The van der Waals surface area contributed by atoms with E-state index in [4.69, 9.17) is 28.6 Å². The summed E-state index contributed by atoms with van der Waals surface area (Å²) in [6, 6.07) is 8.56. The number of hydrogen-bond acceptors (Lipinski definition) is 5. The third-order valence-corrected chi connectivity index (χ3v) is 5.87. The molecule has 1 aliphatic rings. The first-order valence-electron chi connectivity index (χ1n) is 10.5. The van der Waals surface area contributed by atoms with Crippen molar-refractivity contribution in [2.45, 2.75) is 25.2 Å². The van der Waals surface area contributed by atoms with Crippen LogP contribution in [0.4, 0.5) is 26.0 Å². The maximum absolute atomic E-state index is 14.4. The molecule has 1 aliphatic carbocycles. The van der Waals surface area contributed by atoms with Gasteiger partial charge in [-0.1, -0.05) is 12.1 Å². The highest BCUT2D eigenvalue weighted by Crippen LogP contribution is 2.41. The number of halogens is 3. The normalized spacial score (nSPS) is 14.6. The summed E-state index contributed by atoms with van der Waals surface area (Å²) in [7, 11) is 1.90. The predicted octanol–water partition coefficient (Wildman–Crippen LogP) is 5.52. The Morgan fingerprint density at radius 1 is 1.24 bits per heavy atom. The van der Waals surface area contributed by atoms with Crippen LogP contribution >= 0.6 is 11.6 Å². The van der Waals surface area contributed by atoms with Gasteiger partial charge in [-0.25, -0.2) is 23.6 Å². The number of anilines is 2. The summed E-state index contributed by atoms with van der Waals surface area (Å²) in [4.78, 5) is 14.2. The molecule has 2 aromatic carbocycles. The molecule has 170 valence electrons. The minimum atomic E-state index is -0.612. The van der Waals surface area contributed by atoms with Crippen LogP contribution in [-0.4, -0.2) is 30.2 Å². The van der Waals surface area contributed by atoms with E-state index in [0.717, 1.165) is 11.6 Å². The average molecular weight is 470 g/mol. The highest BCUT2D eigenvalue weighted by atomic mass is 35.5. The van der Waals surface area contributed by atoms with Gasteiger partial charge in [-0.3, -0.25) is 0 Å². The molecule has 2 N–H and O–H groups in total. The topological polar surface area (TPSA) is 68.6 Å². The van der Waals surface area contributed by atoms with Crippen molar-refractivity contribution in [1.82, 2.24) is 9.97 Å². The van der Waals surface area contributed by atoms with E-state index in [1.54, 1.807) is 18.2 Å². The van der Waals surface area contributed by atoms with Crippen LogP contribution in [0.2, 0.25) is 5.28 Å². The number of fused-ring (bicyclic) bond motifs is 1. The molecular weight excluding hydrogens is 448 g/mol. The Balaban J connectivity index is 1.47. The Morgan fingerprint density at radius 3 is 2.82 bits per heavy atom. The van der Waals surface area contributed by atoms with Crippen molar-refractivity contribution >= 4 is 28.8 Å². The molecule has 3 aromatic rings. The molecular formula is C24H22ClF2N5O. The number of benzene rings is 2. The molecule has 9 heteroatoms. The van der Waals surface area contributed by atoms with Gasteiger partial charge < -0.3 is 15.4 Å². The number of nitrogen functional groups attached to an aromatic ring is 1. The van der Waals surface area contributed by atoms with E-state index in [-0.39, 0.29) is 11.2 Å². The van der Waals surface area contributed by atoms with Crippen LogP contribution in [0.3, 0.4) is 0 Å². The van der Waals surface area contributed by atoms with Crippen LogP contribution in [0.15, 0.2) is 36.4 Å². The quantitative estimate of drug-likeness (QED) is 0.213. The van der Waals surface area contributed by atoms with Gasteiger partial charge in [0.05, 0.1) is 18.9 Å². The van der Waals surface area contributed by atoms with Gasteiger partial charge in [-0.05, 0) is 54.6 Å². The molecule has 1 unspecified atom stereocenters. The van der Waals surface area contributed by atoms with Crippen LogP contribution in [0.1, 0.15) is 35.6 Å². The number of nitrogens with zero attached hydrogens (tertiary/aromatic N) is 4. The molecule has 0 fully saturated rings. The average Bonchev–Trinajstić information content (AvgIpc) is 3.19. The second kappa shape index (κ2) is 9.59. The van der Waals surface area contributed by atoms with E-state index in [1.807, 2.05) is 11.9 Å². The summed E-state index contributed by atoms with van der Waals surface area (Å²) in [5, 5.41) is 0.0859. The first kappa shape index (κ1) is 22.7. The molecule has 4 rings (SSSR count). The Hall–Kier alpha value is -3.44. The summed E-state index contributed by atoms with van der Waals surface area (Å²) in [5.41, 5.74) is 8.74. The first-order chi connectivity index (χ1) is 15.9. The Morgan fingerprint density at radius 2 is 2.06 bits per heavy atom. The van der Waals surface area contributed by atoms with Crippen molar-refractivity contribution in [2.75, 3.05) is 30.8 Å². The Bertz CT molecular complexity index is 1230. The van der Waals surface area contributed by atoms with Gasteiger partial charge >= 0.3 is 0 Å². The summed E-state index contributed by atoms with van der Waals surface area (Å²) in [5.74, 6) is -0.342. The second-order valence-electron chi connectivity index (χ2n) is 7.90. The number of nitrogens with two attached hydrogens (primary N) is 1. The van der Waals surface area contributed by atoms with Crippen molar-refractivity contribution in [3.8, 4) is 5.75 Å². The van der Waals surface area contributed by atoms with E-state index >= 15 is 0 Å². The van der Waals surface area contributed by atoms with Crippen LogP contribution in [0, 0.1) is 18.2 Å². The van der Waals surface area contributed by atoms with Gasteiger partial charge in [-0.2, -0.15) is 0 Å². The minimum Gasteiger partial charge on any atom is -0.504 e. The van der Waals surface area contributed by atoms with E-state index in [0.29, 0.717) is 66.6 Å². The Labute approximate surface area is 195 Å². The highest BCUT2D eigenvalue weighted by Gasteiger charge is 2.32. The van der Waals surface area contributed by atoms with Crippen molar-refractivity contribution in [2.24, 2.45) is 0 Å². The van der Waals surface area contributed by atoms with Gasteiger partial charge in [-0.15, -0.1) is 0 Å². The molecule has 0 amide bonds. The van der Waals surface area contributed by atoms with Gasteiger partial charge in [0.25, 0.3) is 0 Å². The van der Waals surface area contributed by atoms with Gasteiger partial charge in [0.15, 0.2) is 0 Å². The fourth-order valence-corrected chi connectivity index (χ4v) is 4.32. The number of rotatable bonds is 7. The zero-order chi connectivity index (χ0) is 23.5. The number of aromatic nitrogens is 2. The van der Waals surface area contributed by atoms with Crippen LogP contribution in [-0.2, 0) is 6.42 Å². The van der Waals surface area contributed by atoms with E-state index < -0.39 is 11.6 Å². The second-order valence-corrected chi connectivity index (χ2v) is 8.24. The highest BCUT2D eigenvalue weighted by molar-refractivity contribution is 6.28. The van der Waals surface area contributed by atoms with E-state index in [9.17, 15) is 8.78 Å². The fourth-order valence-electron chi connectivity index (χ4n) is 4.15. The maximum atomic E-state index is 14.4. The third kappa shape index (κ3) is 4.83. The third-order valence-electron chi connectivity index (χ3n) is 5.70. The summed E-state index contributed by atoms with van der Waals surface area (Å²) >= 11 is 6.21. The summed E-state index contributed by atoms with van der Waals surface area (Å²) < 4.78 is 33.5. The van der Waals surface area contributed by atoms with Crippen molar-refractivity contribution in [3.05, 3.63) is 81.6 Å². The molecule has 1 heterocycles. The standard InChI is InChI=1S/C24H22ClF2N5O/c1-29-20-9-5-15(28)13-21(20)33-11-3-10-32(2)23-18-8-7-17(22(18)30-24(25)31-23)16-6-4-14(26)12-19(16)27/h4-6,9,12-13,17H,3,7-8,10-11,28H2,2H3. The minimum absolute atomic E-state index is 0.0859. The molecule has 0 saturated carbocycles. The molecule has 0 bridgehead atoms. The van der Waals surface area contributed by atoms with E-state index in [1.165, 1.54) is 12.1 Å². The lowest BCUT2D eigenvalue weighted by Gasteiger charge is -2.22. The van der Waals surface area contributed by atoms with Crippen LogP contribution < -0.4 is 15.4 Å². The van der Waals surface area contributed by atoms with Gasteiger partial charge in [0, 0.05) is 36.8 Å². The SMILES string of the molecule is [C-]#[N+]c1ccc(N)cc1OCCCN(C)c1nc(Cl)nc2c1CCC2c1ccc(F)cc1F.